The molecule has 0 atom stereocenters. The van der Waals surface area contributed by atoms with Crippen LogP contribution in [-0.4, -0.2) is 27.4 Å². The minimum Gasteiger partial charge on any atom is -0.394 e. The van der Waals surface area contributed by atoms with Crippen molar-refractivity contribution in [3.05, 3.63) is 30.0 Å². The third-order valence-corrected chi connectivity index (χ3v) is 2.67. The van der Waals surface area contributed by atoms with Crippen molar-refractivity contribution >= 4 is 10.9 Å². The van der Waals surface area contributed by atoms with E-state index in [2.05, 4.69) is 27.6 Å². The molecule has 1 heterocycles. The predicted molar refractivity (Wildman–Crippen MR) is 64.1 cm³/mol. The van der Waals surface area contributed by atoms with Crippen molar-refractivity contribution in [2.45, 2.75) is 25.9 Å². The SMILES string of the molecule is CC(C)(CO)NCc1ccc2cn[nH]c2c1. The molecule has 0 unspecified atom stereocenters. The quantitative estimate of drug-likeness (QED) is 0.729. The molecule has 0 aliphatic heterocycles. The lowest BCUT2D eigenvalue weighted by Crippen LogP contribution is -2.42. The number of nitrogens with zero attached hydrogens (tertiary/aromatic N) is 1. The van der Waals surface area contributed by atoms with Gasteiger partial charge in [-0.3, -0.25) is 5.10 Å². The van der Waals surface area contributed by atoms with E-state index < -0.39 is 0 Å². The fourth-order valence-electron chi connectivity index (χ4n) is 1.49. The fourth-order valence-corrected chi connectivity index (χ4v) is 1.49. The Morgan fingerprint density at radius 3 is 3.00 bits per heavy atom. The van der Waals surface area contributed by atoms with Crippen molar-refractivity contribution < 1.29 is 5.11 Å². The van der Waals surface area contributed by atoms with Crippen molar-refractivity contribution in [2.24, 2.45) is 0 Å². The lowest BCUT2D eigenvalue weighted by Gasteiger charge is -2.23. The summed E-state index contributed by atoms with van der Waals surface area (Å²) in [7, 11) is 0. The summed E-state index contributed by atoms with van der Waals surface area (Å²) in [5.74, 6) is 0. The number of rotatable bonds is 4. The molecule has 86 valence electrons. The summed E-state index contributed by atoms with van der Waals surface area (Å²) in [5.41, 5.74) is 1.97. The van der Waals surface area contributed by atoms with Crippen LogP contribution in [0.5, 0.6) is 0 Å². The molecule has 0 spiro atoms. The molecule has 1 aromatic heterocycles. The van der Waals surface area contributed by atoms with E-state index in [-0.39, 0.29) is 12.1 Å². The van der Waals surface area contributed by atoms with Crippen LogP contribution in [0.3, 0.4) is 0 Å². The van der Waals surface area contributed by atoms with Crippen molar-refractivity contribution in [2.75, 3.05) is 6.61 Å². The van der Waals surface area contributed by atoms with Crippen LogP contribution in [0.4, 0.5) is 0 Å². The molecule has 0 aliphatic carbocycles. The molecule has 0 saturated heterocycles. The number of aromatic amines is 1. The predicted octanol–water partition coefficient (Wildman–Crippen LogP) is 1.42. The number of aromatic nitrogens is 2. The van der Waals surface area contributed by atoms with Gasteiger partial charge in [0.1, 0.15) is 0 Å². The Labute approximate surface area is 94.7 Å². The lowest BCUT2D eigenvalue weighted by atomic mass is 10.1. The van der Waals surface area contributed by atoms with E-state index in [0.717, 1.165) is 17.4 Å². The molecule has 4 heteroatoms. The van der Waals surface area contributed by atoms with Crippen LogP contribution in [0.25, 0.3) is 10.9 Å². The van der Waals surface area contributed by atoms with Gasteiger partial charge in [0.2, 0.25) is 0 Å². The number of aliphatic hydroxyl groups is 1. The van der Waals surface area contributed by atoms with Gasteiger partial charge in [-0.05, 0) is 25.5 Å². The Kier molecular flexibility index (Phi) is 2.94. The highest BCUT2D eigenvalue weighted by Crippen LogP contribution is 2.13. The number of H-pyrrole nitrogens is 1. The third-order valence-electron chi connectivity index (χ3n) is 2.67. The minimum atomic E-state index is -0.247. The van der Waals surface area contributed by atoms with Crippen molar-refractivity contribution in [3.8, 4) is 0 Å². The van der Waals surface area contributed by atoms with E-state index in [9.17, 15) is 0 Å². The van der Waals surface area contributed by atoms with Crippen LogP contribution in [-0.2, 0) is 6.54 Å². The molecule has 0 fully saturated rings. The lowest BCUT2D eigenvalue weighted by molar-refractivity contribution is 0.187. The third kappa shape index (κ3) is 2.40. The summed E-state index contributed by atoms with van der Waals surface area (Å²) < 4.78 is 0. The van der Waals surface area contributed by atoms with Gasteiger partial charge in [0, 0.05) is 17.5 Å². The molecule has 4 nitrogen and oxygen atoms in total. The summed E-state index contributed by atoms with van der Waals surface area (Å²) >= 11 is 0. The van der Waals surface area contributed by atoms with E-state index >= 15 is 0 Å². The molecule has 0 bridgehead atoms. The highest BCUT2D eigenvalue weighted by Gasteiger charge is 2.14. The van der Waals surface area contributed by atoms with Crippen LogP contribution < -0.4 is 5.32 Å². The maximum atomic E-state index is 9.13. The number of hydrogen-bond acceptors (Lipinski definition) is 3. The van der Waals surface area contributed by atoms with Gasteiger partial charge in [0.05, 0.1) is 18.3 Å². The maximum absolute atomic E-state index is 9.13. The molecule has 3 N–H and O–H groups in total. The molecular weight excluding hydrogens is 202 g/mol. The largest absolute Gasteiger partial charge is 0.394 e. The summed E-state index contributed by atoms with van der Waals surface area (Å²) in [6.45, 7) is 4.81. The van der Waals surface area contributed by atoms with Gasteiger partial charge in [-0.1, -0.05) is 12.1 Å². The Morgan fingerprint density at radius 1 is 1.44 bits per heavy atom. The Balaban J connectivity index is 2.09. The summed E-state index contributed by atoms with van der Waals surface area (Å²) in [5, 5.41) is 20.5. The van der Waals surface area contributed by atoms with E-state index in [1.807, 2.05) is 26.1 Å². The molecule has 0 amide bonds. The summed E-state index contributed by atoms with van der Waals surface area (Å²) in [6, 6.07) is 6.18. The van der Waals surface area contributed by atoms with Gasteiger partial charge < -0.3 is 10.4 Å². The van der Waals surface area contributed by atoms with E-state index in [4.69, 9.17) is 5.11 Å². The van der Waals surface area contributed by atoms with E-state index in [0.29, 0.717) is 0 Å². The van der Waals surface area contributed by atoms with Gasteiger partial charge in [-0.15, -0.1) is 0 Å². The minimum absolute atomic E-state index is 0.124. The first-order chi connectivity index (χ1) is 7.61. The number of benzene rings is 1. The molecule has 2 aromatic rings. The van der Waals surface area contributed by atoms with E-state index in [1.54, 1.807) is 0 Å². The molecule has 0 radical (unpaired) electrons. The highest BCUT2D eigenvalue weighted by molar-refractivity contribution is 5.78. The van der Waals surface area contributed by atoms with Gasteiger partial charge in [0.15, 0.2) is 0 Å². The zero-order valence-electron chi connectivity index (χ0n) is 9.62. The summed E-state index contributed by atoms with van der Waals surface area (Å²) in [4.78, 5) is 0. The average Bonchev–Trinajstić information content (AvgIpc) is 2.73. The first kappa shape index (κ1) is 11.1. The van der Waals surface area contributed by atoms with Gasteiger partial charge >= 0.3 is 0 Å². The fraction of sp³-hybridized carbons (Fsp3) is 0.417. The first-order valence-electron chi connectivity index (χ1n) is 5.39. The maximum Gasteiger partial charge on any atom is 0.0653 e. The monoisotopic (exact) mass is 219 g/mol. The Hall–Kier alpha value is -1.39. The number of aliphatic hydroxyl groups excluding tert-OH is 1. The van der Waals surface area contributed by atoms with Crippen LogP contribution in [0.1, 0.15) is 19.4 Å². The Bertz CT molecular complexity index is 476. The van der Waals surface area contributed by atoms with Crippen LogP contribution >= 0.6 is 0 Å². The van der Waals surface area contributed by atoms with Crippen LogP contribution in [0, 0.1) is 0 Å². The topological polar surface area (TPSA) is 60.9 Å². The molecule has 0 saturated carbocycles. The normalized spacial score (nSPS) is 12.2. The Morgan fingerprint density at radius 2 is 2.25 bits per heavy atom. The van der Waals surface area contributed by atoms with Crippen molar-refractivity contribution in [1.29, 1.82) is 0 Å². The molecular formula is C12H17N3O. The van der Waals surface area contributed by atoms with E-state index in [1.165, 1.54) is 5.56 Å². The summed E-state index contributed by atoms with van der Waals surface area (Å²) in [6.07, 6.45) is 1.81. The highest BCUT2D eigenvalue weighted by atomic mass is 16.3. The second-order valence-corrected chi connectivity index (χ2v) is 4.69. The zero-order chi connectivity index (χ0) is 11.6. The average molecular weight is 219 g/mol. The first-order valence-corrected chi connectivity index (χ1v) is 5.39. The number of hydrogen-bond donors (Lipinski definition) is 3. The van der Waals surface area contributed by atoms with Gasteiger partial charge in [-0.2, -0.15) is 5.10 Å². The molecule has 16 heavy (non-hydrogen) atoms. The van der Waals surface area contributed by atoms with Crippen LogP contribution in [0.2, 0.25) is 0 Å². The molecule has 2 rings (SSSR count). The van der Waals surface area contributed by atoms with Gasteiger partial charge in [0.25, 0.3) is 0 Å². The second-order valence-electron chi connectivity index (χ2n) is 4.69. The molecule has 1 aromatic carbocycles. The van der Waals surface area contributed by atoms with Crippen molar-refractivity contribution in [1.82, 2.24) is 15.5 Å². The number of fused-ring (bicyclic) bond motifs is 1. The molecule has 0 aliphatic rings. The van der Waals surface area contributed by atoms with Crippen molar-refractivity contribution in [3.63, 3.8) is 0 Å². The van der Waals surface area contributed by atoms with Gasteiger partial charge in [-0.25, -0.2) is 0 Å². The zero-order valence-corrected chi connectivity index (χ0v) is 9.62. The standard InChI is InChI=1S/C12H17N3O/c1-12(2,8-16)13-6-9-3-4-10-7-14-15-11(10)5-9/h3-5,7,13,16H,6,8H2,1-2H3,(H,14,15). The smallest absolute Gasteiger partial charge is 0.0653 e. The number of nitrogens with one attached hydrogen (secondary N) is 2. The van der Waals surface area contributed by atoms with Crippen LogP contribution in [0.15, 0.2) is 24.4 Å². The second kappa shape index (κ2) is 4.23.